The highest BCUT2D eigenvalue weighted by molar-refractivity contribution is 5.81. The topological polar surface area (TPSA) is 53.4 Å². The Morgan fingerprint density at radius 3 is 2.70 bits per heavy atom. The molecule has 6 heteroatoms. The van der Waals surface area contributed by atoms with Gasteiger partial charge in [-0.2, -0.15) is 5.10 Å². The van der Waals surface area contributed by atoms with Gasteiger partial charge in [0.2, 0.25) is 5.91 Å². The predicted molar refractivity (Wildman–Crippen MR) is 106 cm³/mol. The minimum atomic E-state index is 0.0287. The molecule has 1 N–H and O–H groups in total. The smallest absolute Gasteiger partial charge is 0.237 e. The van der Waals surface area contributed by atoms with Crippen LogP contribution in [0.1, 0.15) is 69.2 Å². The van der Waals surface area contributed by atoms with E-state index in [0.717, 1.165) is 44.2 Å². The number of rotatable bonds is 4. The van der Waals surface area contributed by atoms with Gasteiger partial charge in [-0.1, -0.05) is 25.7 Å². The highest BCUT2D eigenvalue weighted by atomic mass is 16.2. The number of likely N-dealkylation sites (N-methyl/N-ethyl adjacent to an activating group) is 1. The number of carbonyl (C=O) groups excluding carboxylic acids is 1. The van der Waals surface area contributed by atoms with Gasteiger partial charge in [-0.25, -0.2) is 0 Å². The molecule has 3 aliphatic rings. The summed E-state index contributed by atoms with van der Waals surface area (Å²) < 4.78 is 2.18. The molecule has 2 fully saturated rings. The Hall–Kier alpha value is -1.40. The molecule has 0 bridgehead atoms. The molecule has 150 valence electrons. The van der Waals surface area contributed by atoms with E-state index in [9.17, 15) is 4.79 Å². The van der Waals surface area contributed by atoms with Crippen molar-refractivity contribution in [2.45, 2.75) is 89.5 Å². The molecule has 2 aliphatic heterocycles. The molecular weight excluding hydrogens is 338 g/mol. The van der Waals surface area contributed by atoms with Crippen molar-refractivity contribution in [2.75, 3.05) is 20.1 Å². The highest BCUT2D eigenvalue weighted by Gasteiger charge is 2.27. The second-order valence-electron chi connectivity index (χ2n) is 8.68. The number of nitrogens with one attached hydrogen (secondary N) is 1. The van der Waals surface area contributed by atoms with Gasteiger partial charge in [0.15, 0.2) is 0 Å². The quantitative estimate of drug-likeness (QED) is 0.881. The van der Waals surface area contributed by atoms with Crippen molar-refractivity contribution < 1.29 is 4.79 Å². The van der Waals surface area contributed by atoms with E-state index in [0.29, 0.717) is 6.54 Å². The monoisotopic (exact) mass is 373 g/mol. The van der Waals surface area contributed by atoms with Crippen molar-refractivity contribution in [3.8, 4) is 0 Å². The third-order valence-corrected chi connectivity index (χ3v) is 6.70. The second-order valence-corrected chi connectivity index (χ2v) is 8.68. The predicted octanol–water partition coefficient (Wildman–Crippen LogP) is 2.52. The molecule has 1 amide bonds. The Labute approximate surface area is 163 Å². The van der Waals surface area contributed by atoms with Crippen LogP contribution < -0.4 is 5.32 Å². The SMILES string of the molecule is CN1CCCC[C@H]1C(=O)NCc1cc2n(n1)CCCN(C1CCCCC1)C2. The summed E-state index contributed by atoms with van der Waals surface area (Å²) in [6.07, 6.45) is 11.4. The van der Waals surface area contributed by atoms with Crippen molar-refractivity contribution in [3.05, 3.63) is 17.5 Å². The van der Waals surface area contributed by atoms with Crippen molar-refractivity contribution in [3.63, 3.8) is 0 Å². The number of likely N-dealkylation sites (tertiary alicyclic amines) is 1. The summed E-state index contributed by atoms with van der Waals surface area (Å²) in [6.45, 7) is 4.77. The second kappa shape index (κ2) is 8.74. The molecule has 1 aromatic heterocycles. The lowest BCUT2D eigenvalue weighted by atomic mass is 9.94. The normalized spacial score (nSPS) is 25.7. The molecule has 3 heterocycles. The van der Waals surface area contributed by atoms with Gasteiger partial charge in [-0.15, -0.1) is 0 Å². The number of fused-ring (bicyclic) bond motifs is 1. The third kappa shape index (κ3) is 4.54. The van der Waals surface area contributed by atoms with Crippen LogP contribution in [0, 0.1) is 0 Å². The van der Waals surface area contributed by atoms with E-state index in [2.05, 4.69) is 32.9 Å². The van der Waals surface area contributed by atoms with E-state index < -0.39 is 0 Å². The number of nitrogens with zero attached hydrogens (tertiary/aromatic N) is 4. The summed E-state index contributed by atoms with van der Waals surface area (Å²) in [4.78, 5) is 17.4. The number of piperidine rings is 1. The molecule has 0 spiro atoms. The van der Waals surface area contributed by atoms with E-state index in [4.69, 9.17) is 5.10 Å². The maximum Gasteiger partial charge on any atom is 0.237 e. The fourth-order valence-corrected chi connectivity index (χ4v) is 5.09. The molecule has 6 nitrogen and oxygen atoms in total. The zero-order chi connectivity index (χ0) is 18.6. The maximum absolute atomic E-state index is 12.5. The fourth-order valence-electron chi connectivity index (χ4n) is 5.09. The van der Waals surface area contributed by atoms with Crippen molar-refractivity contribution >= 4 is 5.91 Å². The van der Waals surface area contributed by atoms with Gasteiger partial charge in [0, 0.05) is 25.7 Å². The molecular formula is C21H35N5O. The van der Waals surface area contributed by atoms with Crippen molar-refractivity contribution in [1.82, 2.24) is 24.9 Å². The molecule has 27 heavy (non-hydrogen) atoms. The van der Waals surface area contributed by atoms with E-state index in [1.165, 1.54) is 57.2 Å². The summed E-state index contributed by atoms with van der Waals surface area (Å²) in [6, 6.07) is 3.00. The Bertz CT molecular complexity index is 637. The van der Waals surface area contributed by atoms with Crippen LogP contribution in [-0.2, 0) is 24.4 Å². The first-order chi connectivity index (χ1) is 13.2. The lowest BCUT2D eigenvalue weighted by Gasteiger charge is -2.33. The van der Waals surface area contributed by atoms with Crippen LogP contribution >= 0.6 is 0 Å². The zero-order valence-corrected chi connectivity index (χ0v) is 16.8. The summed E-state index contributed by atoms with van der Waals surface area (Å²) >= 11 is 0. The third-order valence-electron chi connectivity index (χ3n) is 6.70. The van der Waals surface area contributed by atoms with Gasteiger partial charge in [-0.3, -0.25) is 19.3 Å². The van der Waals surface area contributed by atoms with Crippen molar-refractivity contribution in [2.24, 2.45) is 0 Å². The Kier molecular flexibility index (Phi) is 6.13. The van der Waals surface area contributed by atoms with Crippen LogP contribution in [0.3, 0.4) is 0 Å². The summed E-state index contributed by atoms with van der Waals surface area (Å²) in [5.74, 6) is 0.157. The van der Waals surface area contributed by atoms with Gasteiger partial charge in [0.25, 0.3) is 0 Å². The number of amides is 1. The number of aryl methyl sites for hydroxylation is 1. The number of hydrogen-bond acceptors (Lipinski definition) is 4. The Balaban J connectivity index is 1.35. The standard InChI is InChI=1S/C21H35N5O/c1-24-11-6-5-10-20(24)21(27)22-15-17-14-19-16-25(12-7-13-26(19)23-17)18-8-3-2-4-9-18/h14,18,20H,2-13,15-16H2,1H3,(H,22,27)/t20-/m0/s1. The molecule has 1 aromatic rings. The van der Waals surface area contributed by atoms with E-state index in [-0.39, 0.29) is 11.9 Å². The van der Waals surface area contributed by atoms with Gasteiger partial charge in [-0.05, 0) is 51.8 Å². The largest absolute Gasteiger partial charge is 0.349 e. The fraction of sp³-hybridized carbons (Fsp3) is 0.810. The lowest BCUT2D eigenvalue weighted by Crippen LogP contribution is -2.47. The van der Waals surface area contributed by atoms with Crippen LogP contribution in [0.2, 0.25) is 0 Å². The summed E-state index contributed by atoms with van der Waals surface area (Å²) in [5, 5.41) is 7.92. The zero-order valence-electron chi connectivity index (χ0n) is 16.8. The molecule has 0 unspecified atom stereocenters. The molecule has 0 radical (unpaired) electrons. The van der Waals surface area contributed by atoms with Gasteiger partial charge >= 0.3 is 0 Å². The molecule has 1 saturated carbocycles. The van der Waals surface area contributed by atoms with E-state index in [1.54, 1.807) is 0 Å². The Morgan fingerprint density at radius 1 is 1.07 bits per heavy atom. The summed E-state index contributed by atoms with van der Waals surface area (Å²) in [5.41, 5.74) is 2.32. The minimum absolute atomic E-state index is 0.0287. The van der Waals surface area contributed by atoms with E-state index in [1.807, 2.05) is 0 Å². The van der Waals surface area contributed by atoms with Crippen LogP contribution in [0.15, 0.2) is 6.07 Å². The van der Waals surface area contributed by atoms with Gasteiger partial charge < -0.3 is 5.32 Å². The Morgan fingerprint density at radius 2 is 1.89 bits per heavy atom. The van der Waals surface area contributed by atoms with Crippen molar-refractivity contribution in [1.29, 1.82) is 0 Å². The minimum Gasteiger partial charge on any atom is -0.349 e. The van der Waals surface area contributed by atoms with Gasteiger partial charge in [0.05, 0.1) is 24.0 Å². The number of hydrogen-bond donors (Lipinski definition) is 1. The average molecular weight is 374 g/mol. The molecule has 4 rings (SSSR count). The van der Waals surface area contributed by atoms with E-state index >= 15 is 0 Å². The number of carbonyl (C=O) groups is 1. The lowest BCUT2D eigenvalue weighted by molar-refractivity contribution is -0.127. The van der Waals surface area contributed by atoms with Crippen LogP contribution in [-0.4, -0.2) is 57.7 Å². The van der Waals surface area contributed by atoms with Crippen LogP contribution in [0.4, 0.5) is 0 Å². The molecule has 0 aromatic carbocycles. The summed E-state index contributed by atoms with van der Waals surface area (Å²) in [7, 11) is 2.06. The first-order valence-corrected chi connectivity index (χ1v) is 11.0. The first-order valence-electron chi connectivity index (χ1n) is 11.0. The maximum atomic E-state index is 12.5. The molecule has 1 atom stereocenters. The number of aromatic nitrogens is 2. The average Bonchev–Trinajstić information content (AvgIpc) is 2.97. The van der Waals surface area contributed by atoms with Crippen LogP contribution in [0.5, 0.6) is 0 Å². The first kappa shape index (κ1) is 18.9. The highest BCUT2D eigenvalue weighted by Crippen LogP contribution is 2.26. The van der Waals surface area contributed by atoms with Gasteiger partial charge in [0.1, 0.15) is 0 Å². The van der Waals surface area contributed by atoms with Crippen LogP contribution in [0.25, 0.3) is 0 Å². The molecule has 1 aliphatic carbocycles. The molecule has 1 saturated heterocycles.